The second-order valence-corrected chi connectivity index (χ2v) is 3.85. The fraction of sp³-hybridized carbons (Fsp3) is 0.333. The Hall–Kier alpha value is -1.71. The summed E-state index contributed by atoms with van der Waals surface area (Å²) in [6.45, 7) is 1.39. The predicted octanol–water partition coefficient (Wildman–Crippen LogP) is 2.02. The maximum atomic E-state index is 13.5. The van der Waals surface area contributed by atoms with E-state index < -0.39 is 23.8 Å². The number of rotatable bonds is 2. The molecule has 0 saturated carbocycles. The molecule has 1 aliphatic heterocycles. The maximum Gasteiger partial charge on any atom is 0.307 e. The summed E-state index contributed by atoms with van der Waals surface area (Å²) in [4.78, 5) is 22.5. The van der Waals surface area contributed by atoms with Gasteiger partial charge in [-0.25, -0.2) is 4.39 Å². The highest BCUT2D eigenvalue weighted by Crippen LogP contribution is 2.36. The summed E-state index contributed by atoms with van der Waals surface area (Å²) in [7, 11) is 0. The highest BCUT2D eigenvalue weighted by Gasteiger charge is 2.39. The summed E-state index contributed by atoms with van der Waals surface area (Å²) >= 11 is 0. The first-order chi connectivity index (χ1) is 7.59. The third-order valence-corrected chi connectivity index (χ3v) is 2.74. The molecule has 2 atom stereocenters. The molecule has 1 saturated heterocycles. The molecule has 3 nitrogen and oxygen atoms in total. The van der Waals surface area contributed by atoms with Crippen LogP contribution in [-0.2, 0) is 14.3 Å². The molecular weight excluding hydrogens is 211 g/mol. The largest absolute Gasteiger partial charge is 0.457 e. The van der Waals surface area contributed by atoms with E-state index >= 15 is 0 Å². The zero-order valence-corrected chi connectivity index (χ0v) is 8.77. The molecule has 0 amide bonds. The van der Waals surface area contributed by atoms with Crippen LogP contribution in [0.5, 0.6) is 0 Å². The van der Waals surface area contributed by atoms with Crippen LogP contribution in [0.3, 0.4) is 0 Å². The Morgan fingerprint density at radius 3 is 2.75 bits per heavy atom. The average Bonchev–Trinajstić information content (AvgIpc) is 2.61. The molecule has 0 aromatic heterocycles. The van der Waals surface area contributed by atoms with Gasteiger partial charge in [0.15, 0.2) is 0 Å². The summed E-state index contributed by atoms with van der Waals surface area (Å²) in [6, 6.07) is 6.04. The van der Waals surface area contributed by atoms with E-state index in [1.54, 1.807) is 12.1 Å². The number of ketones is 1. The molecule has 4 heteroatoms. The highest BCUT2D eigenvalue weighted by molar-refractivity contribution is 5.86. The molecule has 1 aromatic rings. The van der Waals surface area contributed by atoms with Gasteiger partial charge in [0.25, 0.3) is 0 Å². The van der Waals surface area contributed by atoms with Crippen molar-refractivity contribution in [1.29, 1.82) is 0 Å². The number of halogens is 1. The molecule has 2 unspecified atom stereocenters. The predicted molar refractivity (Wildman–Crippen MR) is 54.0 cm³/mol. The second-order valence-electron chi connectivity index (χ2n) is 3.85. The molecule has 1 aromatic carbocycles. The normalized spacial score (nSPS) is 24.2. The van der Waals surface area contributed by atoms with Crippen LogP contribution in [0.15, 0.2) is 24.3 Å². The van der Waals surface area contributed by atoms with Gasteiger partial charge in [-0.3, -0.25) is 9.59 Å². The first-order valence-electron chi connectivity index (χ1n) is 5.04. The lowest BCUT2D eigenvalue weighted by atomic mass is 9.92. The molecule has 84 valence electrons. The lowest BCUT2D eigenvalue weighted by molar-refractivity contribution is -0.141. The molecule has 0 spiro atoms. The van der Waals surface area contributed by atoms with Gasteiger partial charge in [-0.2, -0.15) is 0 Å². The summed E-state index contributed by atoms with van der Waals surface area (Å²) < 4.78 is 18.5. The van der Waals surface area contributed by atoms with Gasteiger partial charge in [0.2, 0.25) is 0 Å². The van der Waals surface area contributed by atoms with Crippen LogP contribution in [0.1, 0.15) is 25.0 Å². The minimum Gasteiger partial charge on any atom is -0.457 e. The van der Waals surface area contributed by atoms with Crippen molar-refractivity contribution in [3.63, 3.8) is 0 Å². The summed E-state index contributed by atoms with van der Waals surface area (Å²) in [6.07, 6.45) is -0.736. The van der Waals surface area contributed by atoms with Gasteiger partial charge in [0, 0.05) is 5.56 Å². The Labute approximate surface area is 92.2 Å². The molecular formula is C12H11FO3. The Morgan fingerprint density at radius 1 is 1.44 bits per heavy atom. The Kier molecular flexibility index (Phi) is 2.73. The second kappa shape index (κ2) is 4.04. The number of esters is 1. The van der Waals surface area contributed by atoms with Crippen molar-refractivity contribution in [2.24, 2.45) is 5.92 Å². The number of hydrogen-bond donors (Lipinski definition) is 0. The Morgan fingerprint density at radius 2 is 2.12 bits per heavy atom. The zero-order chi connectivity index (χ0) is 11.7. The van der Waals surface area contributed by atoms with Crippen molar-refractivity contribution in [3.05, 3.63) is 35.6 Å². The lowest BCUT2D eigenvalue weighted by Crippen LogP contribution is -2.16. The monoisotopic (exact) mass is 222 g/mol. The van der Waals surface area contributed by atoms with Crippen LogP contribution in [0, 0.1) is 11.7 Å². The third-order valence-electron chi connectivity index (χ3n) is 2.74. The SMILES string of the molecule is CC(=O)C1CC(=O)OC1c1ccccc1F. The van der Waals surface area contributed by atoms with Gasteiger partial charge in [0.1, 0.15) is 17.7 Å². The Balaban J connectivity index is 2.36. The van der Waals surface area contributed by atoms with E-state index in [4.69, 9.17) is 4.74 Å². The van der Waals surface area contributed by atoms with Crippen molar-refractivity contribution in [1.82, 2.24) is 0 Å². The fourth-order valence-electron chi connectivity index (χ4n) is 1.90. The maximum absolute atomic E-state index is 13.5. The highest BCUT2D eigenvalue weighted by atomic mass is 19.1. The van der Waals surface area contributed by atoms with Crippen molar-refractivity contribution in [2.45, 2.75) is 19.4 Å². The van der Waals surface area contributed by atoms with E-state index in [9.17, 15) is 14.0 Å². The van der Waals surface area contributed by atoms with E-state index in [0.717, 1.165) is 0 Å². The van der Waals surface area contributed by atoms with Gasteiger partial charge < -0.3 is 4.74 Å². The first kappa shape index (κ1) is 10.8. The Bertz CT molecular complexity index is 442. The van der Waals surface area contributed by atoms with E-state index in [-0.39, 0.29) is 17.8 Å². The van der Waals surface area contributed by atoms with Crippen LogP contribution in [-0.4, -0.2) is 11.8 Å². The van der Waals surface area contributed by atoms with Crippen LogP contribution < -0.4 is 0 Å². The third kappa shape index (κ3) is 1.83. The number of carbonyl (C=O) groups excluding carboxylic acids is 2. The van der Waals surface area contributed by atoms with Crippen LogP contribution in [0.25, 0.3) is 0 Å². The minimum atomic E-state index is -0.772. The van der Waals surface area contributed by atoms with E-state index in [2.05, 4.69) is 0 Å². The van der Waals surface area contributed by atoms with Crippen LogP contribution in [0.2, 0.25) is 0 Å². The van der Waals surface area contributed by atoms with Gasteiger partial charge >= 0.3 is 5.97 Å². The van der Waals surface area contributed by atoms with Gasteiger partial charge in [-0.05, 0) is 13.0 Å². The van der Waals surface area contributed by atoms with E-state index in [1.165, 1.54) is 19.1 Å². The smallest absolute Gasteiger partial charge is 0.307 e. The van der Waals surface area contributed by atoms with Crippen molar-refractivity contribution >= 4 is 11.8 Å². The van der Waals surface area contributed by atoms with Crippen molar-refractivity contribution < 1.29 is 18.7 Å². The quantitative estimate of drug-likeness (QED) is 0.719. The average molecular weight is 222 g/mol. The number of carbonyl (C=O) groups is 2. The lowest BCUT2D eigenvalue weighted by Gasteiger charge is -2.15. The molecule has 0 radical (unpaired) electrons. The van der Waals surface area contributed by atoms with E-state index in [0.29, 0.717) is 0 Å². The molecule has 0 N–H and O–H groups in total. The fourth-order valence-corrected chi connectivity index (χ4v) is 1.90. The molecule has 0 bridgehead atoms. The van der Waals surface area contributed by atoms with Crippen molar-refractivity contribution in [3.8, 4) is 0 Å². The van der Waals surface area contributed by atoms with Crippen LogP contribution >= 0.6 is 0 Å². The summed E-state index contributed by atoms with van der Waals surface area (Å²) in [5.74, 6) is -1.62. The molecule has 0 aliphatic carbocycles. The molecule has 1 aliphatic rings. The van der Waals surface area contributed by atoms with E-state index in [1.807, 2.05) is 0 Å². The van der Waals surface area contributed by atoms with Gasteiger partial charge in [0.05, 0.1) is 12.3 Å². The number of benzene rings is 1. The number of cyclic esters (lactones) is 1. The van der Waals surface area contributed by atoms with Gasteiger partial charge in [-0.1, -0.05) is 18.2 Å². The van der Waals surface area contributed by atoms with Crippen molar-refractivity contribution in [2.75, 3.05) is 0 Å². The standard InChI is InChI=1S/C12H11FO3/c1-7(14)9-6-11(15)16-12(9)8-4-2-3-5-10(8)13/h2-5,9,12H,6H2,1H3. The number of ether oxygens (including phenoxy) is 1. The van der Waals surface area contributed by atoms with Gasteiger partial charge in [-0.15, -0.1) is 0 Å². The molecule has 1 heterocycles. The summed E-state index contributed by atoms with van der Waals surface area (Å²) in [5, 5.41) is 0. The number of Topliss-reactive ketones (excluding diaryl/α,β-unsaturated/α-hetero) is 1. The topological polar surface area (TPSA) is 43.4 Å². The molecule has 16 heavy (non-hydrogen) atoms. The minimum absolute atomic E-state index is 0.0360. The van der Waals surface area contributed by atoms with Crippen LogP contribution in [0.4, 0.5) is 4.39 Å². The first-order valence-corrected chi connectivity index (χ1v) is 5.04. The number of hydrogen-bond acceptors (Lipinski definition) is 3. The molecule has 1 fully saturated rings. The zero-order valence-electron chi connectivity index (χ0n) is 8.77. The summed E-state index contributed by atoms with van der Waals surface area (Å²) in [5.41, 5.74) is 0.272. The molecule has 2 rings (SSSR count).